The predicted molar refractivity (Wildman–Crippen MR) is 97.7 cm³/mol. The van der Waals surface area contributed by atoms with Crippen LogP contribution in [0.5, 0.6) is 0 Å². The smallest absolute Gasteiger partial charge is 0.309 e. The van der Waals surface area contributed by atoms with Gasteiger partial charge in [-0.15, -0.1) is 6.58 Å². The van der Waals surface area contributed by atoms with E-state index in [2.05, 4.69) is 6.58 Å². The molecule has 0 aliphatic heterocycles. The lowest BCUT2D eigenvalue weighted by Crippen LogP contribution is -2.29. The molecule has 0 saturated heterocycles. The second kappa shape index (κ2) is 8.79. The Bertz CT molecular complexity index is 627. The van der Waals surface area contributed by atoms with Crippen LogP contribution in [0.1, 0.15) is 69.3 Å². The van der Waals surface area contributed by atoms with Gasteiger partial charge in [-0.2, -0.15) is 0 Å². The molecule has 2 saturated carbocycles. The molecule has 0 unspecified atom stereocenters. The molecule has 3 rings (SSSR count). The van der Waals surface area contributed by atoms with E-state index in [-0.39, 0.29) is 18.5 Å². The third-order valence-corrected chi connectivity index (χ3v) is 6.18. The largest absolute Gasteiger partial charge is 0.462 e. The van der Waals surface area contributed by atoms with Crippen LogP contribution in [0.15, 0.2) is 30.9 Å². The highest BCUT2D eigenvalue weighted by Gasteiger charge is 2.32. The summed E-state index contributed by atoms with van der Waals surface area (Å²) in [6.07, 6.45) is 10.5. The Hall–Kier alpha value is -1.71. The van der Waals surface area contributed by atoms with Gasteiger partial charge < -0.3 is 4.74 Å². The van der Waals surface area contributed by atoms with Crippen LogP contribution in [0.3, 0.4) is 0 Å². The second-order valence-corrected chi connectivity index (χ2v) is 7.80. The summed E-state index contributed by atoms with van der Waals surface area (Å²) in [4.78, 5) is 11.6. The molecule has 1 aromatic carbocycles. The van der Waals surface area contributed by atoms with Crippen molar-refractivity contribution in [1.29, 1.82) is 0 Å². The molecule has 2 fully saturated rings. The monoisotopic (exact) mass is 362 g/mol. The van der Waals surface area contributed by atoms with Crippen LogP contribution in [0.2, 0.25) is 0 Å². The number of carbonyl (C=O) groups excluding carboxylic acids is 1. The van der Waals surface area contributed by atoms with Gasteiger partial charge in [0.2, 0.25) is 0 Å². The van der Waals surface area contributed by atoms with E-state index in [1.165, 1.54) is 12.1 Å². The minimum atomic E-state index is -0.770. The number of benzene rings is 1. The Labute approximate surface area is 154 Å². The van der Waals surface area contributed by atoms with Crippen molar-refractivity contribution in [3.8, 4) is 0 Å². The number of carbonyl (C=O) groups is 1. The molecule has 2 nitrogen and oxygen atoms in total. The first-order chi connectivity index (χ1) is 12.6. The van der Waals surface area contributed by atoms with Crippen molar-refractivity contribution in [3.05, 3.63) is 48.1 Å². The van der Waals surface area contributed by atoms with Gasteiger partial charge in [0.25, 0.3) is 0 Å². The fraction of sp³-hybridized carbons (Fsp3) is 0.591. The van der Waals surface area contributed by atoms with Gasteiger partial charge in [0, 0.05) is 0 Å². The fourth-order valence-corrected chi connectivity index (χ4v) is 4.72. The summed E-state index contributed by atoms with van der Waals surface area (Å²) in [5.74, 6) is 0.0756. The Kier molecular flexibility index (Phi) is 6.44. The zero-order chi connectivity index (χ0) is 18.5. The van der Waals surface area contributed by atoms with Gasteiger partial charge in [-0.3, -0.25) is 4.79 Å². The zero-order valence-corrected chi connectivity index (χ0v) is 15.3. The number of hydrogen-bond donors (Lipinski definition) is 0. The normalized spacial score (nSPS) is 29.2. The average molecular weight is 362 g/mol. The van der Waals surface area contributed by atoms with Gasteiger partial charge in [0.1, 0.15) is 6.10 Å². The molecular formula is C22H28F2O2. The first-order valence-corrected chi connectivity index (χ1v) is 9.82. The highest BCUT2D eigenvalue weighted by molar-refractivity contribution is 5.71. The number of rotatable bonds is 5. The SMILES string of the molecule is C=CCC(=O)O[C@H]1CC[C@H]([C@H]2CC[C@H](c3ccc(F)c(F)c3)CC2)CC1. The van der Waals surface area contributed by atoms with E-state index in [0.29, 0.717) is 17.8 Å². The predicted octanol–water partition coefficient (Wildman–Crippen LogP) is 5.92. The van der Waals surface area contributed by atoms with Crippen molar-refractivity contribution >= 4 is 5.97 Å². The summed E-state index contributed by atoms with van der Waals surface area (Å²) >= 11 is 0. The second-order valence-electron chi connectivity index (χ2n) is 7.80. The first kappa shape index (κ1) is 19.1. The van der Waals surface area contributed by atoms with Gasteiger partial charge in [0.15, 0.2) is 11.6 Å². The third kappa shape index (κ3) is 4.72. The zero-order valence-electron chi connectivity index (χ0n) is 15.3. The van der Waals surface area contributed by atoms with Crippen LogP contribution in [0, 0.1) is 23.5 Å². The molecule has 0 spiro atoms. The maximum atomic E-state index is 13.5. The van der Waals surface area contributed by atoms with Gasteiger partial charge in [0.05, 0.1) is 6.42 Å². The minimum Gasteiger partial charge on any atom is -0.462 e. The topological polar surface area (TPSA) is 26.3 Å². The van der Waals surface area contributed by atoms with Crippen molar-refractivity contribution in [2.45, 2.75) is 69.8 Å². The molecule has 0 atom stereocenters. The minimum absolute atomic E-state index is 0.0669. The maximum absolute atomic E-state index is 13.5. The molecule has 1 aromatic rings. The van der Waals surface area contributed by atoms with E-state index < -0.39 is 11.6 Å². The molecule has 2 aliphatic carbocycles. The van der Waals surface area contributed by atoms with Crippen molar-refractivity contribution in [2.75, 3.05) is 0 Å². The summed E-state index contributed by atoms with van der Waals surface area (Å²) in [6, 6.07) is 4.33. The summed E-state index contributed by atoms with van der Waals surface area (Å²) in [6.45, 7) is 3.56. The van der Waals surface area contributed by atoms with E-state index in [0.717, 1.165) is 56.9 Å². The Morgan fingerprint density at radius 3 is 2.19 bits per heavy atom. The van der Waals surface area contributed by atoms with Gasteiger partial charge in [-0.1, -0.05) is 12.1 Å². The fourth-order valence-electron chi connectivity index (χ4n) is 4.72. The summed E-state index contributed by atoms with van der Waals surface area (Å²) < 4.78 is 32.1. The van der Waals surface area contributed by atoms with Crippen LogP contribution in [0.4, 0.5) is 8.78 Å². The van der Waals surface area contributed by atoms with Crippen LogP contribution < -0.4 is 0 Å². The summed E-state index contributed by atoms with van der Waals surface area (Å²) in [7, 11) is 0. The van der Waals surface area contributed by atoms with Crippen LogP contribution in [0.25, 0.3) is 0 Å². The molecule has 0 amide bonds. The molecule has 4 heteroatoms. The average Bonchev–Trinajstić information content (AvgIpc) is 2.65. The first-order valence-electron chi connectivity index (χ1n) is 9.82. The van der Waals surface area contributed by atoms with Gasteiger partial charge in [-0.25, -0.2) is 8.78 Å². The van der Waals surface area contributed by atoms with Crippen molar-refractivity contribution < 1.29 is 18.3 Å². The number of esters is 1. The number of halogens is 2. The van der Waals surface area contributed by atoms with Crippen LogP contribution >= 0.6 is 0 Å². The van der Waals surface area contributed by atoms with E-state index in [1.807, 2.05) is 0 Å². The molecule has 26 heavy (non-hydrogen) atoms. The van der Waals surface area contributed by atoms with Gasteiger partial charge >= 0.3 is 5.97 Å². The molecule has 0 bridgehead atoms. The molecule has 0 N–H and O–H groups in total. The Balaban J connectivity index is 1.45. The van der Waals surface area contributed by atoms with Crippen LogP contribution in [-0.4, -0.2) is 12.1 Å². The van der Waals surface area contributed by atoms with E-state index in [9.17, 15) is 13.6 Å². The molecular weight excluding hydrogens is 334 g/mol. The lowest BCUT2D eigenvalue weighted by Gasteiger charge is -2.37. The molecule has 0 radical (unpaired) electrons. The lowest BCUT2D eigenvalue weighted by atomic mass is 9.69. The number of hydrogen-bond acceptors (Lipinski definition) is 2. The molecule has 0 aromatic heterocycles. The molecule has 142 valence electrons. The standard InChI is InChI=1S/C22H28F2O2/c1-2-3-22(25)26-19-11-8-16(9-12-19)15-4-6-17(7-5-15)18-10-13-20(23)21(24)14-18/h2,10,13-17,19H,1,3-9,11-12H2/t15-,16-,17-,19-. The van der Waals surface area contributed by atoms with Crippen LogP contribution in [-0.2, 0) is 9.53 Å². The Morgan fingerprint density at radius 1 is 1.00 bits per heavy atom. The highest BCUT2D eigenvalue weighted by atomic mass is 19.2. The number of ether oxygens (including phenoxy) is 1. The van der Waals surface area contributed by atoms with E-state index >= 15 is 0 Å². The van der Waals surface area contributed by atoms with E-state index in [1.54, 1.807) is 12.1 Å². The van der Waals surface area contributed by atoms with Crippen molar-refractivity contribution in [2.24, 2.45) is 11.8 Å². The van der Waals surface area contributed by atoms with Gasteiger partial charge in [-0.05, 0) is 86.8 Å². The molecule has 2 aliphatic rings. The summed E-state index contributed by atoms with van der Waals surface area (Å²) in [5, 5.41) is 0. The lowest BCUT2D eigenvalue weighted by molar-refractivity contribution is -0.150. The highest BCUT2D eigenvalue weighted by Crippen LogP contribution is 2.43. The van der Waals surface area contributed by atoms with Crippen molar-refractivity contribution in [3.63, 3.8) is 0 Å². The third-order valence-electron chi connectivity index (χ3n) is 6.18. The maximum Gasteiger partial charge on any atom is 0.309 e. The molecule has 0 heterocycles. The Morgan fingerprint density at radius 2 is 1.62 bits per heavy atom. The quantitative estimate of drug-likeness (QED) is 0.480. The van der Waals surface area contributed by atoms with Crippen molar-refractivity contribution in [1.82, 2.24) is 0 Å². The van der Waals surface area contributed by atoms with E-state index in [4.69, 9.17) is 4.74 Å². The summed E-state index contributed by atoms with van der Waals surface area (Å²) in [5.41, 5.74) is 0.931.